The maximum absolute atomic E-state index is 12.7. The SMILES string of the molecule is C=CC(C)N1C(=O)S/C(=C/c2cc3c(cc2Cl)N(CC)C(C)(C)C=C3C)C1=O. The molecule has 4 nitrogen and oxygen atoms in total. The number of carbonyl (C=O) groups excluding carboxylic acids is 2. The van der Waals surface area contributed by atoms with Crippen molar-refractivity contribution in [3.05, 3.63) is 51.9 Å². The number of likely N-dealkylation sites (N-methyl/N-ethyl adjacent to an activating group) is 1. The third-order valence-electron chi connectivity index (χ3n) is 5.27. The van der Waals surface area contributed by atoms with Crippen molar-refractivity contribution >= 4 is 51.8 Å². The molecule has 28 heavy (non-hydrogen) atoms. The third-order valence-corrected chi connectivity index (χ3v) is 6.48. The Morgan fingerprint density at radius 2 is 2.00 bits per heavy atom. The molecule has 1 atom stereocenters. The van der Waals surface area contributed by atoms with Crippen LogP contribution in [0.3, 0.4) is 0 Å². The van der Waals surface area contributed by atoms with E-state index < -0.39 is 0 Å². The molecule has 1 fully saturated rings. The zero-order chi connectivity index (χ0) is 20.8. The van der Waals surface area contributed by atoms with Crippen molar-refractivity contribution in [2.75, 3.05) is 11.4 Å². The number of allylic oxidation sites excluding steroid dienone is 1. The summed E-state index contributed by atoms with van der Waals surface area (Å²) in [5.74, 6) is -0.306. The van der Waals surface area contributed by atoms with Crippen molar-refractivity contribution < 1.29 is 9.59 Å². The molecule has 148 valence electrons. The van der Waals surface area contributed by atoms with Crippen molar-refractivity contribution in [3.8, 4) is 0 Å². The van der Waals surface area contributed by atoms with E-state index in [1.54, 1.807) is 19.1 Å². The number of carbonyl (C=O) groups is 2. The molecule has 0 saturated carbocycles. The first-order chi connectivity index (χ1) is 13.1. The van der Waals surface area contributed by atoms with Gasteiger partial charge in [-0.2, -0.15) is 0 Å². The van der Waals surface area contributed by atoms with Gasteiger partial charge in [0, 0.05) is 22.8 Å². The molecule has 0 aliphatic carbocycles. The van der Waals surface area contributed by atoms with E-state index in [0.29, 0.717) is 9.93 Å². The van der Waals surface area contributed by atoms with Gasteiger partial charge >= 0.3 is 0 Å². The Morgan fingerprint density at radius 3 is 2.61 bits per heavy atom. The van der Waals surface area contributed by atoms with E-state index in [1.165, 1.54) is 10.5 Å². The number of anilines is 1. The normalized spacial score (nSPS) is 21.1. The maximum atomic E-state index is 12.7. The molecule has 2 aliphatic heterocycles. The summed E-state index contributed by atoms with van der Waals surface area (Å²) in [6.07, 6.45) is 5.54. The number of hydrogen-bond donors (Lipinski definition) is 0. The number of thioether (sulfide) groups is 1. The van der Waals surface area contributed by atoms with E-state index in [0.717, 1.165) is 35.1 Å². The van der Waals surface area contributed by atoms with Crippen molar-refractivity contribution in [2.24, 2.45) is 0 Å². The molecule has 0 aromatic heterocycles. The van der Waals surface area contributed by atoms with E-state index in [-0.39, 0.29) is 22.7 Å². The fourth-order valence-corrected chi connectivity index (χ4v) is 5.00. The lowest BCUT2D eigenvalue weighted by atomic mass is 9.88. The molecule has 1 saturated heterocycles. The average molecular weight is 417 g/mol. The molecular weight excluding hydrogens is 392 g/mol. The first-order valence-corrected chi connectivity index (χ1v) is 10.5. The van der Waals surface area contributed by atoms with E-state index in [9.17, 15) is 9.59 Å². The predicted octanol–water partition coefficient (Wildman–Crippen LogP) is 5.97. The molecule has 0 N–H and O–H groups in total. The van der Waals surface area contributed by atoms with Gasteiger partial charge in [-0.05, 0) is 75.7 Å². The molecule has 2 amide bonds. The highest BCUT2D eigenvalue weighted by molar-refractivity contribution is 8.18. The number of fused-ring (bicyclic) bond motifs is 1. The van der Waals surface area contributed by atoms with Gasteiger partial charge in [-0.25, -0.2) is 0 Å². The van der Waals surface area contributed by atoms with Crippen LogP contribution in [0.4, 0.5) is 10.5 Å². The fraction of sp³-hybridized carbons (Fsp3) is 0.364. The van der Waals surface area contributed by atoms with Crippen molar-refractivity contribution in [1.29, 1.82) is 0 Å². The van der Waals surface area contributed by atoms with Crippen LogP contribution in [0, 0.1) is 0 Å². The second-order valence-corrected chi connectivity index (χ2v) is 9.04. The van der Waals surface area contributed by atoms with Crippen LogP contribution in [0.2, 0.25) is 5.02 Å². The molecule has 3 rings (SSSR count). The molecule has 6 heteroatoms. The summed E-state index contributed by atoms with van der Waals surface area (Å²) in [5.41, 5.74) is 3.99. The second-order valence-electron chi connectivity index (χ2n) is 7.64. The number of rotatable bonds is 4. The predicted molar refractivity (Wildman–Crippen MR) is 120 cm³/mol. The molecule has 2 heterocycles. The van der Waals surface area contributed by atoms with E-state index in [2.05, 4.69) is 45.2 Å². The summed E-state index contributed by atoms with van der Waals surface area (Å²) in [5, 5.41) is 0.277. The van der Waals surface area contributed by atoms with Crippen LogP contribution >= 0.6 is 23.4 Å². The minimum Gasteiger partial charge on any atom is -0.363 e. The number of amides is 2. The average Bonchev–Trinajstić information content (AvgIpc) is 2.89. The molecule has 0 spiro atoms. The minimum absolute atomic E-state index is 0.0971. The van der Waals surface area contributed by atoms with E-state index >= 15 is 0 Å². The molecule has 0 radical (unpaired) electrons. The quantitative estimate of drug-likeness (QED) is 0.447. The molecule has 2 aliphatic rings. The number of hydrogen-bond acceptors (Lipinski definition) is 4. The minimum atomic E-state index is -0.345. The Hall–Kier alpha value is -1.98. The highest BCUT2D eigenvalue weighted by Crippen LogP contribution is 2.42. The fourth-order valence-electron chi connectivity index (χ4n) is 3.88. The summed E-state index contributed by atoms with van der Waals surface area (Å²) < 4.78 is 0. The van der Waals surface area contributed by atoms with Gasteiger partial charge in [-0.15, -0.1) is 6.58 Å². The lowest BCUT2D eigenvalue weighted by Crippen LogP contribution is -2.44. The number of imide groups is 1. The van der Waals surface area contributed by atoms with Crippen LogP contribution in [-0.4, -0.2) is 34.2 Å². The summed E-state index contributed by atoms with van der Waals surface area (Å²) in [7, 11) is 0. The van der Waals surface area contributed by atoms with Crippen LogP contribution in [0.1, 0.15) is 45.7 Å². The van der Waals surface area contributed by atoms with Crippen molar-refractivity contribution in [3.63, 3.8) is 0 Å². The summed E-state index contributed by atoms with van der Waals surface area (Å²) in [6.45, 7) is 14.9. The zero-order valence-corrected chi connectivity index (χ0v) is 18.4. The van der Waals surface area contributed by atoms with Crippen molar-refractivity contribution in [2.45, 2.75) is 46.2 Å². The lowest BCUT2D eigenvalue weighted by molar-refractivity contribution is -0.123. The summed E-state index contributed by atoms with van der Waals surface area (Å²) in [4.78, 5) is 28.8. The standard InChI is InChI=1S/C22H25ClN2O2S/c1-7-14(4)25-20(26)19(28-21(25)27)10-15-9-16-13(3)12-22(5,6)24(8-2)18(16)11-17(15)23/h7,9-12,14H,1,8H2,2-6H3/b19-10+. The molecular formula is C22H25ClN2O2S. The van der Waals surface area contributed by atoms with Gasteiger partial charge < -0.3 is 4.90 Å². The lowest BCUT2D eigenvalue weighted by Gasteiger charge is -2.43. The molecule has 0 bridgehead atoms. The highest BCUT2D eigenvalue weighted by atomic mass is 35.5. The number of halogens is 1. The van der Waals surface area contributed by atoms with Gasteiger partial charge in [0.05, 0.1) is 16.5 Å². The van der Waals surface area contributed by atoms with Crippen LogP contribution in [-0.2, 0) is 4.79 Å². The molecule has 1 aromatic carbocycles. The Bertz CT molecular complexity index is 933. The number of nitrogens with zero attached hydrogens (tertiary/aromatic N) is 2. The van der Waals surface area contributed by atoms with Crippen LogP contribution in [0.25, 0.3) is 11.6 Å². The largest absolute Gasteiger partial charge is 0.363 e. The summed E-state index contributed by atoms with van der Waals surface area (Å²) in [6, 6.07) is 3.62. The van der Waals surface area contributed by atoms with Gasteiger partial charge in [0.1, 0.15) is 0 Å². The maximum Gasteiger partial charge on any atom is 0.294 e. The van der Waals surface area contributed by atoms with E-state index in [1.807, 2.05) is 12.1 Å². The van der Waals surface area contributed by atoms with Crippen LogP contribution < -0.4 is 4.90 Å². The monoisotopic (exact) mass is 416 g/mol. The number of benzene rings is 1. The molecule has 1 unspecified atom stereocenters. The summed E-state index contributed by atoms with van der Waals surface area (Å²) >= 11 is 7.53. The van der Waals surface area contributed by atoms with Crippen LogP contribution in [0.15, 0.2) is 35.8 Å². The Kier molecular flexibility index (Phi) is 5.52. The smallest absolute Gasteiger partial charge is 0.294 e. The van der Waals surface area contributed by atoms with Gasteiger partial charge in [0.25, 0.3) is 11.1 Å². The van der Waals surface area contributed by atoms with Crippen molar-refractivity contribution in [1.82, 2.24) is 4.90 Å². The topological polar surface area (TPSA) is 40.6 Å². The van der Waals surface area contributed by atoms with Gasteiger partial charge in [-0.3, -0.25) is 14.5 Å². The second kappa shape index (κ2) is 7.45. The Labute approximate surface area is 175 Å². The Morgan fingerprint density at radius 1 is 1.32 bits per heavy atom. The van der Waals surface area contributed by atoms with E-state index in [4.69, 9.17) is 11.6 Å². The first kappa shape index (κ1) is 20.7. The first-order valence-electron chi connectivity index (χ1n) is 9.31. The highest BCUT2D eigenvalue weighted by Gasteiger charge is 2.37. The molecule has 1 aromatic rings. The third kappa shape index (κ3) is 3.42. The Balaban J connectivity index is 2.06. The van der Waals surface area contributed by atoms with Crippen LogP contribution in [0.5, 0.6) is 0 Å². The van der Waals surface area contributed by atoms with Gasteiger partial charge in [0.2, 0.25) is 0 Å². The zero-order valence-electron chi connectivity index (χ0n) is 16.9. The van der Waals surface area contributed by atoms with Gasteiger partial charge in [0.15, 0.2) is 0 Å². The van der Waals surface area contributed by atoms with Gasteiger partial charge in [-0.1, -0.05) is 23.8 Å².